The van der Waals surface area contributed by atoms with E-state index in [2.05, 4.69) is 4.42 Å². The van der Waals surface area contributed by atoms with E-state index in [1.54, 1.807) is 0 Å². The van der Waals surface area contributed by atoms with Crippen LogP contribution in [0.3, 0.4) is 0 Å². The maximum atomic E-state index is 13.3. The maximum Gasteiger partial charge on any atom is 0.372 e. The van der Waals surface area contributed by atoms with Gasteiger partial charge in [-0.25, -0.2) is 9.18 Å². The molecule has 3 nitrogen and oxygen atoms in total. The molecule has 0 aliphatic carbocycles. The van der Waals surface area contributed by atoms with Gasteiger partial charge in [0, 0.05) is 17.7 Å². The van der Waals surface area contributed by atoms with Crippen molar-refractivity contribution >= 4 is 11.0 Å². The molecule has 2 aromatic rings. The van der Waals surface area contributed by atoms with Gasteiger partial charge in [0.2, 0.25) is 5.82 Å². The molecular weight excluding hydrogens is 206 g/mol. The van der Waals surface area contributed by atoms with E-state index in [9.17, 15) is 13.6 Å². The number of phenols is 1. The molecule has 0 aliphatic heterocycles. The van der Waals surface area contributed by atoms with Gasteiger partial charge in [-0.2, -0.15) is 4.39 Å². The summed E-state index contributed by atoms with van der Waals surface area (Å²) >= 11 is 0. The number of fused-ring (bicyclic) bond motifs is 1. The lowest BCUT2D eigenvalue weighted by molar-refractivity contribution is 0.458. The molecule has 0 radical (unpaired) electrons. The first-order chi connectivity index (χ1) is 7.00. The molecule has 0 saturated heterocycles. The molecule has 15 heavy (non-hydrogen) atoms. The molecule has 1 N–H and O–H groups in total. The minimum atomic E-state index is -1.18. The number of aryl methyl sites for hydroxylation is 1. The maximum absolute atomic E-state index is 13.3. The predicted octanol–water partition coefficient (Wildman–Crippen LogP) is 2.09. The third-order valence-corrected chi connectivity index (χ3v) is 2.12. The van der Waals surface area contributed by atoms with E-state index in [4.69, 9.17) is 5.11 Å². The molecule has 2 rings (SSSR count). The highest BCUT2D eigenvalue weighted by Crippen LogP contribution is 2.25. The van der Waals surface area contributed by atoms with Gasteiger partial charge < -0.3 is 9.52 Å². The fourth-order valence-electron chi connectivity index (χ4n) is 1.42. The molecule has 0 spiro atoms. The Hall–Kier alpha value is -1.91. The fourth-order valence-corrected chi connectivity index (χ4v) is 1.42. The monoisotopic (exact) mass is 212 g/mol. The molecule has 0 aliphatic rings. The largest absolute Gasteiger partial charge is 0.508 e. The van der Waals surface area contributed by atoms with E-state index < -0.39 is 17.3 Å². The van der Waals surface area contributed by atoms with Crippen LogP contribution in [0.2, 0.25) is 0 Å². The Labute approximate surface area is 82.6 Å². The van der Waals surface area contributed by atoms with Gasteiger partial charge in [-0.15, -0.1) is 0 Å². The fraction of sp³-hybridized carbons (Fsp3) is 0.100. The van der Waals surface area contributed by atoms with Crippen LogP contribution in [-0.2, 0) is 0 Å². The van der Waals surface area contributed by atoms with Crippen molar-refractivity contribution in [3.05, 3.63) is 39.8 Å². The third kappa shape index (κ3) is 1.36. The zero-order chi connectivity index (χ0) is 11.2. The van der Waals surface area contributed by atoms with E-state index in [0.717, 1.165) is 12.1 Å². The number of hydrogen-bond donors (Lipinski definition) is 1. The average Bonchev–Trinajstić information content (AvgIpc) is 2.13. The summed E-state index contributed by atoms with van der Waals surface area (Å²) in [7, 11) is 0. The summed E-state index contributed by atoms with van der Waals surface area (Å²) in [4.78, 5) is 10.9. The SMILES string of the molecule is Cc1c(F)c(=O)oc2cc(O)cc(F)c12. The summed E-state index contributed by atoms with van der Waals surface area (Å²) in [5, 5.41) is 8.93. The molecule has 0 atom stereocenters. The highest BCUT2D eigenvalue weighted by molar-refractivity contribution is 5.82. The van der Waals surface area contributed by atoms with Crippen molar-refractivity contribution < 1.29 is 18.3 Å². The second kappa shape index (κ2) is 3.05. The first-order valence-corrected chi connectivity index (χ1v) is 4.12. The average molecular weight is 212 g/mol. The van der Waals surface area contributed by atoms with Gasteiger partial charge >= 0.3 is 5.63 Å². The lowest BCUT2D eigenvalue weighted by atomic mass is 10.1. The summed E-state index contributed by atoms with van der Waals surface area (Å²) in [6.07, 6.45) is 0. The quantitative estimate of drug-likeness (QED) is 0.680. The van der Waals surface area contributed by atoms with E-state index >= 15 is 0 Å². The molecule has 0 unspecified atom stereocenters. The summed E-state index contributed by atoms with van der Waals surface area (Å²) in [5.41, 5.74) is -1.47. The number of aromatic hydroxyl groups is 1. The minimum Gasteiger partial charge on any atom is -0.508 e. The molecule has 1 heterocycles. The number of hydrogen-bond acceptors (Lipinski definition) is 3. The van der Waals surface area contributed by atoms with Crippen molar-refractivity contribution in [3.8, 4) is 5.75 Å². The lowest BCUT2D eigenvalue weighted by Crippen LogP contribution is -2.07. The molecule has 5 heteroatoms. The molecule has 1 aromatic carbocycles. The second-order valence-corrected chi connectivity index (χ2v) is 3.13. The smallest absolute Gasteiger partial charge is 0.372 e. The second-order valence-electron chi connectivity index (χ2n) is 3.13. The van der Waals surface area contributed by atoms with Gasteiger partial charge in [-0.1, -0.05) is 0 Å². The van der Waals surface area contributed by atoms with Gasteiger partial charge in [0.25, 0.3) is 0 Å². The van der Waals surface area contributed by atoms with Gasteiger partial charge in [-0.05, 0) is 6.92 Å². The number of benzene rings is 1. The van der Waals surface area contributed by atoms with Gasteiger partial charge in [0.15, 0.2) is 0 Å². The van der Waals surface area contributed by atoms with Crippen LogP contribution >= 0.6 is 0 Å². The van der Waals surface area contributed by atoms with Crippen molar-refractivity contribution in [2.45, 2.75) is 6.92 Å². The zero-order valence-electron chi connectivity index (χ0n) is 7.67. The summed E-state index contributed by atoms with van der Waals surface area (Å²) in [5.74, 6) is -2.33. The first-order valence-electron chi connectivity index (χ1n) is 4.12. The molecule has 78 valence electrons. The van der Waals surface area contributed by atoms with Gasteiger partial charge in [0.1, 0.15) is 17.1 Å². The van der Waals surface area contributed by atoms with E-state index in [0.29, 0.717) is 0 Å². The topological polar surface area (TPSA) is 50.4 Å². The molecule has 0 bridgehead atoms. The van der Waals surface area contributed by atoms with Crippen LogP contribution in [0.25, 0.3) is 11.0 Å². The Balaban J connectivity index is 3.05. The van der Waals surface area contributed by atoms with Crippen LogP contribution in [0.1, 0.15) is 5.56 Å². The van der Waals surface area contributed by atoms with E-state index in [1.165, 1.54) is 6.92 Å². The third-order valence-electron chi connectivity index (χ3n) is 2.12. The predicted molar refractivity (Wildman–Crippen MR) is 48.8 cm³/mol. The van der Waals surface area contributed by atoms with Crippen LogP contribution in [0.4, 0.5) is 8.78 Å². The Morgan fingerprint density at radius 1 is 1.33 bits per heavy atom. The van der Waals surface area contributed by atoms with Crippen LogP contribution in [0, 0.1) is 18.6 Å². The van der Waals surface area contributed by atoms with E-state index in [-0.39, 0.29) is 22.3 Å². The van der Waals surface area contributed by atoms with E-state index in [1.807, 2.05) is 0 Å². The van der Waals surface area contributed by atoms with Crippen molar-refractivity contribution in [2.75, 3.05) is 0 Å². The minimum absolute atomic E-state index is 0.126. The van der Waals surface area contributed by atoms with Crippen LogP contribution in [0.5, 0.6) is 5.75 Å². The van der Waals surface area contributed by atoms with Crippen LogP contribution in [0.15, 0.2) is 21.3 Å². The zero-order valence-corrected chi connectivity index (χ0v) is 7.67. The summed E-state index contributed by atoms with van der Waals surface area (Å²) in [6, 6.07) is 1.89. The van der Waals surface area contributed by atoms with Crippen LogP contribution in [-0.4, -0.2) is 5.11 Å². The highest BCUT2D eigenvalue weighted by atomic mass is 19.1. The Bertz CT molecular complexity index is 602. The molecule has 0 fully saturated rings. The normalized spacial score (nSPS) is 10.9. The van der Waals surface area contributed by atoms with Crippen molar-refractivity contribution in [3.63, 3.8) is 0 Å². The van der Waals surface area contributed by atoms with Crippen molar-refractivity contribution in [2.24, 2.45) is 0 Å². The van der Waals surface area contributed by atoms with Crippen LogP contribution < -0.4 is 5.63 Å². The van der Waals surface area contributed by atoms with Gasteiger partial charge in [0.05, 0.1) is 5.39 Å². The number of halogens is 2. The van der Waals surface area contributed by atoms with Gasteiger partial charge in [-0.3, -0.25) is 0 Å². The number of rotatable bonds is 0. The Kier molecular flexibility index (Phi) is 1.96. The number of phenolic OH excluding ortho intramolecular Hbond substituents is 1. The highest BCUT2D eigenvalue weighted by Gasteiger charge is 2.15. The summed E-state index contributed by atoms with van der Waals surface area (Å²) in [6.45, 7) is 1.27. The summed E-state index contributed by atoms with van der Waals surface area (Å²) < 4.78 is 30.9. The molecular formula is C10H6F2O3. The lowest BCUT2D eigenvalue weighted by Gasteiger charge is -2.03. The standard InChI is InChI=1S/C10H6F2O3/c1-4-8-6(11)2-5(13)3-7(8)15-10(14)9(4)12/h2-3,13H,1H3. The Morgan fingerprint density at radius 2 is 2.00 bits per heavy atom. The molecule has 0 saturated carbocycles. The Morgan fingerprint density at radius 3 is 2.67 bits per heavy atom. The first kappa shape index (κ1) is 9.64. The molecule has 0 amide bonds. The molecule has 1 aromatic heterocycles. The van der Waals surface area contributed by atoms with Crippen molar-refractivity contribution in [1.29, 1.82) is 0 Å². The van der Waals surface area contributed by atoms with Crippen molar-refractivity contribution in [1.82, 2.24) is 0 Å².